The summed E-state index contributed by atoms with van der Waals surface area (Å²) in [6.45, 7) is 3.59. The number of hydrogen-bond acceptors (Lipinski definition) is 4. The summed E-state index contributed by atoms with van der Waals surface area (Å²) in [5.41, 5.74) is 1.86. The summed E-state index contributed by atoms with van der Waals surface area (Å²) in [5.74, 6) is 0.152. The van der Waals surface area contributed by atoms with E-state index in [1.54, 1.807) is 12.1 Å². The van der Waals surface area contributed by atoms with E-state index in [4.69, 9.17) is 9.47 Å². The maximum atomic E-state index is 13.8. The van der Waals surface area contributed by atoms with E-state index in [2.05, 4.69) is 10.3 Å². The van der Waals surface area contributed by atoms with Gasteiger partial charge in [0, 0.05) is 37.4 Å². The number of aromatic nitrogens is 3. The lowest BCUT2D eigenvalue weighted by Gasteiger charge is -2.37. The molecular weight excluding hydrogens is 309 g/mol. The van der Waals surface area contributed by atoms with Crippen molar-refractivity contribution in [3.63, 3.8) is 0 Å². The first-order chi connectivity index (χ1) is 11.8. The largest absolute Gasteiger partial charge is 0.381 e. The zero-order valence-electron chi connectivity index (χ0n) is 13.7. The van der Waals surface area contributed by atoms with Gasteiger partial charge in [0.1, 0.15) is 5.82 Å². The van der Waals surface area contributed by atoms with Crippen molar-refractivity contribution in [3.05, 3.63) is 47.5 Å². The highest BCUT2D eigenvalue weighted by Gasteiger charge is 2.36. The molecule has 5 nitrogen and oxygen atoms in total. The molecule has 2 aromatic rings. The molecule has 1 atom stereocenters. The third-order valence-electron chi connectivity index (χ3n) is 5.26. The first kappa shape index (κ1) is 15.7. The van der Waals surface area contributed by atoms with Crippen LogP contribution in [0.25, 0.3) is 0 Å². The molecular formula is C18H22FN3O2. The Kier molecular flexibility index (Phi) is 4.33. The second-order valence-corrected chi connectivity index (χ2v) is 6.80. The molecule has 6 heteroatoms. The molecule has 0 saturated carbocycles. The van der Waals surface area contributed by atoms with Crippen LogP contribution < -0.4 is 0 Å². The molecule has 0 bridgehead atoms. The van der Waals surface area contributed by atoms with Crippen LogP contribution in [0.2, 0.25) is 0 Å². The molecule has 2 aliphatic rings. The van der Waals surface area contributed by atoms with Gasteiger partial charge in [-0.1, -0.05) is 17.3 Å². The van der Waals surface area contributed by atoms with Gasteiger partial charge in [0.15, 0.2) is 0 Å². The standard InChI is InChI=1S/C18H22FN3O2/c19-16-3-1-2-15(10-16)18(5-8-23-9-6-18)13-22-11-17(20-21-22)14-4-7-24-12-14/h1-3,10-11,14H,4-9,12-13H2/t14-/m1/s1. The normalized spacial score (nSPS) is 23.5. The number of ether oxygens (including phenoxy) is 2. The minimum atomic E-state index is -0.194. The molecule has 1 aromatic carbocycles. The minimum Gasteiger partial charge on any atom is -0.381 e. The molecule has 2 saturated heterocycles. The lowest BCUT2D eigenvalue weighted by atomic mass is 9.74. The van der Waals surface area contributed by atoms with Crippen molar-refractivity contribution in [1.82, 2.24) is 15.0 Å². The van der Waals surface area contributed by atoms with E-state index in [0.717, 1.165) is 43.7 Å². The van der Waals surface area contributed by atoms with Gasteiger partial charge in [-0.25, -0.2) is 4.39 Å². The molecule has 2 aliphatic heterocycles. The van der Waals surface area contributed by atoms with Crippen LogP contribution >= 0.6 is 0 Å². The minimum absolute atomic E-state index is 0.155. The van der Waals surface area contributed by atoms with Crippen LogP contribution in [0, 0.1) is 5.82 Å². The van der Waals surface area contributed by atoms with Crippen molar-refractivity contribution < 1.29 is 13.9 Å². The third kappa shape index (κ3) is 3.08. The van der Waals surface area contributed by atoms with Gasteiger partial charge in [-0.2, -0.15) is 0 Å². The molecule has 0 spiro atoms. The Balaban J connectivity index is 1.60. The summed E-state index contributed by atoms with van der Waals surface area (Å²) in [6.07, 6.45) is 4.74. The first-order valence-electron chi connectivity index (χ1n) is 8.57. The topological polar surface area (TPSA) is 49.2 Å². The van der Waals surface area contributed by atoms with Crippen molar-refractivity contribution >= 4 is 0 Å². The van der Waals surface area contributed by atoms with Gasteiger partial charge >= 0.3 is 0 Å². The second kappa shape index (κ2) is 6.61. The highest BCUT2D eigenvalue weighted by atomic mass is 19.1. The van der Waals surface area contributed by atoms with Crippen LogP contribution in [0.5, 0.6) is 0 Å². The van der Waals surface area contributed by atoms with Crippen LogP contribution in [-0.4, -0.2) is 41.4 Å². The van der Waals surface area contributed by atoms with Gasteiger partial charge in [-0.3, -0.25) is 4.68 Å². The van der Waals surface area contributed by atoms with E-state index in [-0.39, 0.29) is 11.2 Å². The molecule has 4 rings (SSSR count). The molecule has 0 aliphatic carbocycles. The SMILES string of the molecule is Fc1cccc(C2(Cn3cc([C@@H]4CCOC4)nn3)CCOCC2)c1. The molecule has 128 valence electrons. The van der Waals surface area contributed by atoms with Crippen LogP contribution in [0.3, 0.4) is 0 Å². The smallest absolute Gasteiger partial charge is 0.123 e. The Morgan fingerprint density at radius 2 is 2.08 bits per heavy atom. The van der Waals surface area contributed by atoms with Crippen molar-refractivity contribution in [1.29, 1.82) is 0 Å². The monoisotopic (exact) mass is 331 g/mol. The molecule has 2 fully saturated rings. The number of nitrogens with zero attached hydrogens (tertiary/aromatic N) is 3. The lowest BCUT2D eigenvalue weighted by molar-refractivity contribution is 0.0418. The Bertz CT molecular complexity index is 691. The van der Waals surface area contributed by atoms with Crippen LogP contribution in [0.1, 0.15) is 36.4 Å². The molecule has 3 heterocycles. The fourth-order valence-corrected chi connectivity index (χ4v) is 3.77. The van der Waals surface area contributed by atoms with Crippen molar-refractivity contribution in [2.24, 2.45) is 0 Å². The number of rotatable bonds is 4. The second-order valence-electron chi connectivity index (χ2n) is 6.80. The van der Waals surface area contributed by atoms with Crippen LogP contribution in [0.4, 0.5) is 4.39 Å². The van der Waals surface area contributed by atoms with Gasteiger partial charge in [-0.15, -0.1) is 5.10 Å². The molecule has 0 unspecified atom stereocenters. The van der Waals surface area contributed by atoms with E-state index in [0.29, 0.717) is 25.7 Å². The van der Waals surface area contributed by atoms with E-state index in [1.165, 1.54) is 6.07 Å². The Morgan fingerprint density at radius 3 is 2.83 bits per heavy atom. The van der Waals surface area contributed by atoms with Gasteiger partial charge < -0.3 is 9.47 Å². The van der Waals surface area contributed by atoms with E-state index >= 15 is 0 Å². The van der Waals surface area contributed by atoms with Crippen LogP contribution in [0.15, 0.2) is 30.5 Å². The molecule has 0 radical (unpaired) electrons. The zero-order valence-corrected chi connectivity index (χ0v) is 13.7. The molecule has 0 N–H and O–H groups in total. The summed E-state index contributed by atoms with van der Waals surface area (Å²) in [6, 6.07) is 6.93. The van der Waals surface area contributed by atoms with Crippen molar-refractivity contribution in [2.75, 3.05) is 26.4 Å². The summed E-state index contributed by atoms with van der Waals surface area (Å²) in [5, 5.41) is 8.66. The van der Waals surface area contributed by atoms with E-state index in [9.17, 15) is 4.39 Å². The Morgan fingerprint density at radius 1 is 1.21 bits per heavy atom. The maximum Gasteiger partial charge on any atom is 0.123 e. The number of benzene rings is 1. The first-order valence-corrected chi connectivity index (χ1v) is 8.57. The highest BCUT2D eigenvalue weighted by molar-refractivity contribution is 5.27. The zero-order chi connectivity index (χ0) is 16.4. The maximum absolute atomic E-state index is 13.8. The quantitative estimate of drug-likeness (QED) is 0.864. The predicted octanol–water partition coefficient (Wildman–Crippen LogP) is 2.67. The fourth-order valence-electron chi connectivity index (χ4n) is 3.77. The Hall–Kier alpha value is -1.79. The van der Waals surface area contributed by atoms with Gasteiger partial charge in [0.05, 0.1) is 18.8 Å². The van der Waals surface area contributed by atoms with Crippen molar-refractivity contribution in [2.45, 2.75) is 37.1 Å². The Labute approximate surface area is 140 Å². The summed E-state index contributed by atoms with van der Waals surface area (Å²) < 4.78 is 26.6. The van der Waals surface area contributed by atoms with Crippen molar-refractivity contribution in [3.8, 4) is 0 Å². The number of hydrogen-bond donors (Lipinski definition) is 0. The van der Waals surface area contributed by atoms with Gasteiger partial charge in [0.2, 0.25) is 0 Å². The molecule has 1 aromatic heterocycles. The summed E-state index contributed by atoms with van der Waals surface area (Å²) in [7, 11) is 0. The average Bonchev–Trinajstić information content (AvgIpc) is 3.27. The molecule has 0 amide bonds. The van der Waals surface area contributed by atoms with Crippen LogP contribution in [-0.2, 0) is 21.4 Å². The van der Waals surface area contributed by atoms with Gasteiger partial charge in [0.25, 0.3) is 0 Å². The fraction of sp³-hybridized carbons (Fsp3) is 0.556. The number of halogens is 1. The van der Waals surface area contributed by atoms with Gasteiger partial charge in [-0.05, 0) is 37.0 Å². The van der Waals surface area contributed by atoms with E-state index in [1.807, 2.05) is 16.9 Å². The lowest BCUT2D eigenvalue weighted by Crippen LogP contribution is -2.38. The third-order valence-corrected chi connectivity index (χ3v) is 5.26. The van der Waals surface area contributed by atoms with E-state index < -0.39 is 0 Å². The molecule has 24 heavy (non-hydrogen) atoms. The summed E-state index contributed by atoms with van der Waals surface area (Å²) >= 11 is 0. The average molecular weight is 331 g/mol. The summed E-state index contributed by atoms with van der Waals surface area (Å²) in [4.78, 5) is 0. The predicted molar refractivity (Wildman–Crippen MR) is 86.3 cm³/mol. The highest BCUT2D eigenvalue weighted by Crippen LogP contribution is 2.37.